The van der Waals surface area contributed by atoms with E-state index in [4.69, 9.17) is 10.8 Å². The van der Waals surface area contributed by atoms with Crippen molar-refractivity contribution in [3.63, 3.8) is 0 Å². The van der Waals surface area contributed by atoms with Gasteiger partial charge in [0.05, 0.1) is 6.61 Å². The summed E-state index contributed by atoms with van der Waals surface area (Å²) in [5, 5.41) is 8.66. The number of nitrogens with zero attached hydrogens (tertiary/aromatic N) is 1. The van der Waals surface area contributed by atoms with Gasteiger partial charge in [-0.3, -0.25) is 0 Å². The Morgan fingerprint density at radius 2 is 2.25 bits per heavy atom. The van der Waals surface area contributed by atoms with E-state index in [1.54, 1.807) is 0 Å². The van der Waals surface area contributed by atoms with Crippen molar-refractivity contribution in [2.75, 3.05) is 5.73 Å². The topological polar surface area (TPSA) is 59.1 Å². The van der Waals surface area contributed by atoms with Crippen LogP contribution in [0, 0.1) is 0 Å². The molecular formula is C7H8F2N2O. The Kier molecular flexibility index (Phi) is 2.54. The third kappa shape index (κ3) is 1.68. The smallest absolute Gasteiger partial charge is 0.265 e. The van der Waals surface area contributed by atoms with Gasteiger partial charge in [-0.15, -0.1) is 0 Å². The van der Waals surface area contributed by atoms with Crippen LogP contribution in [-0.2, 0) is 6.61 Å². The second kappa shape index (κ2) is 3.44. The zero-order valence-electron chi connectivity index (χ0n) is 6.17. The van der Waals surface area contributed by atoms with Gasteiger partial charge in [0.15, 0.2) is 0 Å². The average molecular weight is 174 g/mol. The maximum Gasteiger partial charge on any atom is 0.265 e. The molecule has 0 radical (unpaired) electrons. The molecule has 12 heavy (non-hydrogen) atoms. The Hall–Kier alpha value is -1.23. The highest BCUT2D eigenvalue weighted by molar-refractivity contribution is 5.40. The molecule has 1 heterocycles. The second-order valence-electron chi connectivity index (χ2n) is 2.27. The third-order valence-electron chi connectivity index (χ3n) is 1.44. The molecule has 0 saturated heterocycles. The van der Waals surface area contributed by atoms with Crippen molar-refractivity contribution >= 4 is 5.82 Å². The van der Waals surface area contributed by atoms with Gasteiger partial charge in [-0.2, -0.15) is 0 Å². The summed E-state index contributed by atoms with van der Waals surface area (Å²) in [5.74, 6) is 0.0851. The molecule has 3 nitrogen and oxygen atoms in total. The molecule has 66 valence electrons. The van der Waals surface area contributed by atoms with Crippen LogP contribution in [0.2, 0.25) is 0 Å². The summed E-state index contributed by atoms with van der Waals surface area (Å²) >= 11 is 0. The Bertz CT molecular complexity index is 278. The van der Waals surface area contributed by atoms with Crippen molar-refractivity contribution in [3.8, 4) is 0 Å². The van der Waals surface area contributed by atoms with Gasteiger partial charge in [-0.05, 0) is 6.07 Å². The summed E-state index contributed by atoms with van der Waals surface area (Å²) < 4.78 is 24.1. The van der Waals surface area contributed by atoms with E-state index in [0.717, 1.165) is 12.3 Å². The highest BCUT2D eigenvalue weighted by Gasteiger charge is 2.09. The quantitative estimate of drug-likeness (QED) is 0.705. The fraction of sp³-hybridized carbons (Fsp3) is 0.286. The Labute approximate surface area is 67.8 Å². The van der Waals surface area contributed by atoms with Crippen LogP contribution in [-0.4, -0.2) is 10.1 Å². The molecule has 0 unspecified atom stereocenters. The predicted octanol–water partition coefficient (Wildman–Crippen LogP) is 1.09. The van der Waals surface area contributed by atoms with Crippen LogP contribution in [0.3, 0.4) is 0 Å². The zero-order valence-corrected chi connectivity index (χ0v) is 6.17. The number of hydrogen-bond donors (Lipinski definition) is 2. The van der Waals surface area contributed by atoms with Crippen LogP contribution >= 0.6 is 0 Å². The molecule has 0 aliphatic rings. The number of nitrogen functional groups attached to an aromatic ring is 1. The Morgan fingerprint density at radius 3 is 2.75 bits per heavy atom. The molecule has 0 spiro atoms. The number of aliphatic hydroxyl groups is 1. The first kappa shape index (κ1) is 8.86. The molecule has 0 saturated carbocycles. The number of rotatable bonds is 2. The number of alkyl halides is 2. The summed E-state index contributed by atoms with van der Waals surface area (Å²) in [6.07, 6.45) is -1.58. The maximum atomic E-state index is 12.1. The molecule has 0 fully saturated rings. The monoisotopic (exact) mass is 174 g/mol. The van der Waals surface area contributed by atoms with Crippen molar-refractivity contribution in [3.05, 3.63) is 23.4 Å². The number of aliphatic hydroxyl groups excluding tert-OH is 1. The van der Waals surface area contributed by atoms with E-state index < -0.39 is 6.43 Å². The summed E-state index contributed by atoms with van der Waals surface area (Å²) in [6, 6.07) is 1.15. The van der Waals surface area contributed by atoms with Gasteiger partial charge in [0, 0.05) is 17.3 Å². The van der Waals surface area contributed by atoms with Crippen LogP contribution in [0.4, 0.5) is 14.6 Å². The molecule has 1 aromatic rings. The molecule has 3 N–H and O–H groups in total. The largest absolute Gasteiger partial charge is 0.392 e. The van der Waals surface area contributed by atoms with Gasteiger partial charge in [0.25, 0.3) is 6.43 Å². The van der Waals surface area contributed by atoms with Crippen molar-refractivity contribution in [2.45, 2.75) is 13.0 Å². The summed E-state index contributed by atoms with van der Waals surface area (Å²) in [7, 11) is 0. The molecule has 1 aromatic heterocycles. The SMILES string of the molecule is Nc1ncc(C(F)F)cc1CO. The molecule has 0 aromatic carbocycles. The normalized spacial score (nSPS) is 10.7. The summed E-state index contributed by atoms with van der Waals surface area (Å²) in [6.45, 7) is -0.376. The first-order valence-electron chi connectivity index (χ1n) is 3.28. The lowest BCUT2D eigenvalue weighted by atomic mass is 10.2. The summed E-state index contributed by atoms with van der Waals surface area (Å²) in [5.41, 5.74) is 5.29. The number of pyridine rings is 1. The van der Waals surface area contributed by atoms with E-state index in [9.17, 15) is 8.78 Å². The van der Waals surface area contributed by atoms with Gasteiger partial charge in [0.1, 0.15) is 5.82 Å². The van der Waals surface area contributed by atoms with Crippen LogP contribution in [0.25, 0.3) is 0 Å². The van der Waals surface area contributed by atoms with Crippen molar-refractivity contribution in [1.29, 1.82) is 0 Å². The lowest BCUT2D eigenvalue weighted by Crippen LogP contribution is -1.99. The molecule has 0 amide bonds. The maximum absolute atomic E-state index is 12.1. The standard InChI is InChI=1S/C7H8F2N2O/c8-6(9)4-1-5(3-12)7(10)11-2-4/h1-2,6,12H,3H2,(H2,10,11). The molecule has 0 aliphatic heterocycles. The number of aromatic nitrogens is 1. The molecule has 0 atom stereocenters. The van der Waals surface area contributed by atoms with Crippen LogP contribution in [0.1, 0.15) is 17.6 Å². The molecule has 0 aliphatic carbocycles. The highest BCUT2D eigenvalue weighted by atomic mass is 19.3. The van der Waals surface area contributed by atoms with Gasteiger partial charge in [0.2, 0.25) is 0 Å². The van der Waals surface area contributed by atoms with Gasteiger partial charge in [-0.1, -0.05) is 0 Å². The minimum Gasteiger partial charge on any atom is -0.392 e. The van der Waals surface area contributed by atoms with Crippen molar-refractivity contribution in [1.82, 2.24) is 4.98 Å². The van der Waals surface area contributed by atoms with Crippen LogP contribution in [0.15, 0.2) is 12.3 Å². The van der Waals surface area contributed by atoms with Crippen molar-refractivity contribution < 1.29 is 13.9 Å². The molecular weight excluding hydrogens is 166 g/mol. The molecule has 1 rings (SSSR count). The fourth-order valence-corrected chi connectivity index (χ4v) is 0.785. The first-order chi connectivity index (χ1) is 5.65. The number of halogens is 2. The number of hydrogen-bond acceptors (Lipinski definition) is 3. The number of anilines is 1. The summed E-state index contributed by atoms with van der Waals surface area (Å²) in [4.78, 5) is 3.51. The zero-order chi connectivity index (χ0) is 9.14. The van der Waals surface area contributed by atoms with Gasteiger partial charge < -0.3 is 10.8 Å². The van der Waals surface area contributed by atoms with Gasteiger partial charge in [-0.25, -0.2) is 13.8 Å². The van der Waals surface area contributed by atoms with E-state index in [2.05, 4.69) is 4.98 Å². The lowest BCUT2D eigenvalue weighted by Gasteiger charge is -2.03. The lowest BCUT2D eigenvalue weighted by molar-refractivity contribution is 0.150. The minimum atomic E-state index is -2.58. The van der Waals surface area contributed by atoms with E-state index in [0.29, 0.717) is 0 Å². The van der Waals surface area contributed by atoms with E-state index in [-0.39, 0.29) is 23.6 Å². The fourth-order valence-electron chi connectivity index (χ4n) is 0.785. The van der Waals surface area contributed by atoms with Gasteiger partial charge >= 0.3 is 0 Å². The van der Waals surface area contributed by atoms with E-state index >= 15 is 0 Å². The minimum absolute atomic E-state index is 0.0851. The van der Waals surface area contributed by atoms with E-state index in [1.165, 1.54) is 0 Å². The van der Waals surface area contributed by atoms with Crippen LogP contribution in [0.5, 0.6) is 0 Å². The predicted molar refractivity (Wildman–Crippen MR) is 39.5 cm³/mol. The first-order valence-corrected chi connectivity index (χ1v) is 3.28. The Morgan fingerprint density at radius 1 is 1.58 bits per heavy atom. The highest BCUT2D eigenvalue weighted by Crippen LogP contribution is 2.20. The second-order valence-corrected chi connectivity index (χ2v) is 2.27. The average Bonchev–Trinajstić information content (AvgIpc) is 2.05. The van der Waals surface area contributed by atoms with Crippen LogP contribution < -0.4 is 5.73 Å². The number of nitrogens with two attached hydrogens (primary N) is 1. The van der Waals surface area contributed by atoms with Crippen molar-refractivity contribution in [2.24, 2.45) is 0 Å². The Balaban J connectivity index is 3.05. The molecule has 5 heteroatoms. The molecule has 0 bridgehead atoms. The third-order valence-corrected chi connectivity index (χ3v) is 1.44. The van der Waals surface area contributed by atoms with E-state index in [1.807, 2.05) is 0 Å².